The Morgan fingerprint density at radius 2 is 2.60 bits per heavy atom. The predicted octanol–water partition coefficient (Wildman–Crippen LogP) is 0.843. The van der Waals surface area contributed by atoms with Crippen LogP contribution in [-0.2, 0) is 13.5 Å². The molecule has 1 unspecified atom stereocenters. The molecular weight excluding hydrogens is 208 g/mol. The number of nitrogens with one attached hydrogen (secondary N) is 1. The molecule has 2 rings (SSSR count). The SMILES string of the molecule is Cn1ncnc1CCNC1CCCSC1. The van der Waals surface area contributed by atoms with Crippen molar-refractivity contribution in [2.75, 3.05) is 18.1 Å². The van der Waals surface area contributed by atoms with E-state index in [2.05, 4.69) is 27.2 Å². The fraction of sp³-hybridized carbons (Fsp3) is 0.800. The van der Waals surface area contributed by atoms with Crippen LogP contribution in [0.3, 0.4) is 0 Å². The lowest BCUT2D eigenvalue weighted by Gasteiger charge is -2.22. The second kappa shape index (κ2) is 5.51. The van der Waals surface area contributed by atoms with Gasteiger partial charge in [0, 0.05) is 31.8 Å². The van der Waals surface area contributed by atoms with Gasteiger partial charge in [-0.25, -0.2) is 4.98 Å². The van der Waals surface area contributed by atoms with E-state index in [-0.39, 0.29) is 0 Å². The number of rotatable bonds is 4. The van der Waals surface area contributed by atoms with Gasteiger partial charge in [0.25, 0.3) is 0 Å². The molecule has 0 aliphatic carbocycles. The van der Waals surface area contributed by atoms with Crippen LogP contribution in [0.1, 0.15) is 18.7 Å². The van der Waals surface area contributed by atoms with Gasteiger partial charge in [-0.05, 0) is 18.6 Å². The van der Waals surface area contributed by atoms with Gasteiger partial charge in [-0.1, -0.05) is 0 Å². The Hall–Kier alpha value is -0.550. The Bertz CT molecular complexity index is 293. The van der Waals surface area contributed by atoms with Crippen LogP contribution in [0.5, 0.6) is 0 Å². The first-order valence-electron chi connectivity index (χ1n) is 5.50. The van der Waals surface area contributed by atoms with E-state index < -0.39 is 0 Å². The molecule has 0 radical (unpaired) electrons. The molecule has 1 atom stereocenters. The van der Waals surface area contributed by atoms with E-state index in [4.69, 9.17) is 0 Å². The van der Waals surface area contributed by atoms with Crippen LogP contribution in [0.4, 0.5) is 0 Å². The minimum atomic E-state index is 0.706. The molecule has 1 N–H and O–H groups in total. The average molecular weight is 226 g/mol. The molecule has 0 spiro atoms. The number of hydrogen-bond acceptors (Lipinski definition) is 4. The van der Waals surface area contributed by atoms with E-state index >= 15 is 0 Å². The molecule has 0 amide bonds. The number of aryl methyl sites for hydroxylation is 1. The maximum Gasteiger partial charge on any atom is 0.138 e. The van der Waals surface area contributed by atoms with Gasteiger partial charge in [0.15, 0.2) is 0 Å². The topological polar surface area (TPSA) is 42.7 Å². The maximum atomic E-state index is 4.21. The van der Waals surface area contributed by atoms with E-state index in [0.717, 1.165) is 18.8 Å². The third-order valence-corrected chi connectivity index (χ3v) is 3.96. The molecule has 1 aliphatic rings. The van der Waals surface area contributed by atoms with Crippen molar-refractivity contribution >= 4 is 11.8 Å². The Labute approximate surface area is 94.8 Å². The van der Waals surface area contributed by atoms with Gasteiger partial charge in [-0.15, -0.1) is 0 Å². The Morgan fingerprint density at radius 3 is 3.27 bits per heavy atom. The molecule has 0 bridgehead atoms. The van der Waals surface area contributed by atoms with Gasteiger partial charge >= 0.3 is 0 Å². The lowest BCUT2D eigenvalue weighted by Crippen LogP contribution is -2.35. The zero-order chi connectivity index (χ0) is 10.5. The molecule has 4 nitrogen and oxygen atoms in total. The van der Waals surface area contributed by atoms with Gasteiger partial charge in [-0.2, -0.15) is 16.9 Å². The number of nitrogens with zero attached hydrogens (tertiary/aromatic N) is 3. The highest BCUT2D eigenvalue weighted by Crippen LogP contribution is 2.16. The van der Waals surface area contributed by atoms with Gasteiger partial charge in [0.2, 0.25) is 0 Å². The van der Waals surface area contributed by atoms with Crippen LogP contribution in [0.2, 0.25) is 0 Å². The zero-order valence-electron chi connectivity index (χ0n) is 9.15. The van der Waals surface area contributed by atoms with Crippen molar-refractivity contribution in [1.29, 1.82) is 0 Å². The predicted molar refractivity (Wildman–Crippen MR) is 63.1 cm³/mol. The van der Waals surface area contributed by atoms with Crippen molar-refractivity contribution in [2.24, 2.45) is 7.05 Å². The van der Waals surface area contributed by atoms with Crippen LogP contribution >= 0.6 is 11.8 Å². The Balaban J connectivity index is 1.68. The van der Waals surface area contributed by atoms with Crippen molar-refractivity contribution < 1.29 is 0 Å². The first kappa shape index (κ1) is 11.0. The molecule has 1 fully saturated rings. The lowest BCUT2D eigenvalue weighted by molar-refractivity contribution is 0.503. The molecule has 1 saturated heterocycles. The van der Waals surface area contributed by atoms with Crippen LogP contribution in [0.25, 0.3) is 0 Å². The fourth-order valence-corrected chi connectivity index (χ4v) is 2.94. The summed E-state index contributed by atoms with van der Waals surface area (Å²) in [5.41, 5.74) is 0. The smallest absolute Gasteiger partial charge is 0.138 e. The molecule has 1 aromatic rings. The maximum absolute atomic E-state index is 4.21. The van der Waals surface area contributed by atoms with Crippen LogP contribution in [0, 0.1) is 0 Å². The minimum absolute atomic E-state index is 0.706. The average Bonchev–Trinajstić information content (AvgIpc) is 2.66. The molecule has 2 heterocycles. The Kier molecular flexibility index (Phi) is 4.02. The lowest BCUT2D eigenvalue weighted by atomic mass is 10.2. The van der Waals surface area contributed by atoms with Crippen molar-refractivity contribution in [3.8, 4) is 0 Å². The first-order chi connectivity index (χ1) is 7.36. The molecule has 0 saturated carbocycles. The summed E-state index contributed by atoms with van der Waals surface area (Å²) in [6, 6.07) is 0.706. The van der Waals surface area contributed by atoms with E-state index in [9.17, 15) is 0 Å². The number of hydrogen-bond donors (Lipinski definition) is 1. The number of aromatic nitrogens is 3. The second-order valence-corrected chi connectivity index (χ2v) is 5.07. The van der Waals surface area contributed by atoms with Crippen LogP contribution < -0.4 is 5.32 Å². The number of thioether (sulfide) groups is 1. The van der Waals surface area contributed by atoms with Crippen molar-refractivity contribution in [2.45, 2.75) is 25.3 Å². The summed E-state index contributed by atoms with van der Waals surface area (Å²) < 4.78 is 1.84. The summed E-state index contributed by atoms with van der Waals surface area (Å²) in [4.78, 5) is 4.21. The molecule has 0 aromatic carbocycles. The molecule has 1 aromatic heterocycles. The zero-order valence-corrected chi connectivity index (χ0v) is 9.96. The highest BCUT2D eigenvalue weighted by Gasteiger charge is 2.12. The van der Waals surface area contributed by atoms with Crippen molar-refractivity contribution in [3.05, 3.63) is 12.2 Å². The molecule has 84 valence electrons. The normalized spacial score (nSPS) is 21.8. The summed E-state index contributed by atoms with van der Waals surface area (Å²) >= 11 is 2.06. The summed E-state index contributed by atoms with van der Waals surface area (Å²) in [5, 5.41) is 7.64. The van der Waals surface area contributed by atoms with E-state index in [1.807, 2.05) is 11.7 Å². The summed E-state index contributed by atoms with van der Waals surface area (Å²) in [5.74, 6) is 3.66. The third kappa shape index (κ3) is 3.21. The molecular formula is C10H18N4S. The van der Waals surface area contributed by atoms with Gasteiger partial charge < -0.3 is 5.32 Å². The first-order valence-corrected chi connectivity index (χ1v) is 6.66. The van der Waals surface area contributed by atoms with Crippen molar-refractivity contribution in [1.82, 2.24) is 20.1 Å². The molecule has 15 heavy (non-hydrogen) atoms. The van der Waals surface area contributed by atoms with Gasteiger partial charge in [0.1, 0.15) is 12.2 Å². The summed E-state index contributed by atoms with van der Waals surface area (Å²) in [6.45, 7) is 1.01. The monoisotopic (exact) mass is 226 g/mol. The van der Waals surface area contributed by atoms with Gasteiger partial charge in [-0.3, -0.25) is 4.68 Å². The second-order valence-electron chi connectivity index (χ2n) is 3.92. The molecule has 1 aliphatic heterocycles. The summed E-state index contributed by atoms with van der Waals surface area (Å²) in [7, 11) is 1.94. The standard InChI is InChI=1S/C10H18N4S/c1-14-10(12-8-13-14)4-5-11-9-3-2-6-15-7-9/h8-9,11H,2-7H2,1H3. The van der Waals surface area contributed by atoms with Crippen molar-refractivity contribution in [3.63, 3.8) is 0 Å². The quantitative estimate of drug-likeness (QED) is 0.826. The van der Waals surface area contributed by atoms with Gasteiger partial charge in [0.05, 0.1) is 0 Å². The van der Waals surface area contributed by atoms with E-state index in [1.54, 1.807) is 6.33 Å². The Morgan fingerprint density at radius 1 is 1.67 bits per heavy atom. The summed E-state index contributed by atoms with van der Waals surface area (Å²) in [6.07, 6.45) is 5.27. The van der Waals surface area contributed by atoms with Crippen LogP contribution in [0.15, 0.2) is 6.33 Å². The highest BCUT2D eigenvalue weighted by atomic mass is 32.2. The highest BCUT2D eigenvalue weighted by molar-refractivity contribution is 7.99. The van der Waals surface area contributed by atoms with Crippen LogP contribution in [-0.4, -0.2) is 38.9 Å². The third-order valence-electron chi connectivity index (χ3n) is 2.75. The van der Waals surface area contributed by atoms with E-state index in [0.29, 0.717) is 6.04 Å². The minimum Gasteiger partial charge on any atom is -0.313 e. The van der Waals surface area contributed by atoms with E-state index in [1.165, 1.54) is 24.3 Å². The largest absolute Gasteiger partial charge is 0.313 e. The fourth-order valence-electron chi connectivity index (χ4n) is 1.84. The molecule has 5 heteroatoms.